The van der Waals surface area contributed by atoms with E-state index in [-0.39, 0.29) is 17.7 Å². The monoisotopic (exact) mass is 334 g/mol. The van der Waals surface area contributed by atoms with Crippen LogP contribution in [0, 0.1) is 11.6 Å². The normalized spacial score (nSPS) is 11.8. The summed E-state index contributed by atoms with van der Waals surface area (Å²) in [5.74, 6) is -1.47. The molecule has 0 unspecified atom stereocenters. The van der Waals surface area contributed by atoms with Crippen LogP contribution in [0.4, 0.5) is 8.78 Å². The molecular weight excluding hydrogens is 314 g/mol. The van der Waals surface area contributed by atoms with E-state index in [1.807, 2.05) is 13.8 Å². The number of ether oxygens (including phenoxy) is 1. The molecule has 0 heterocycles. The van der Waals surface area contributed by atoms with Crippen LogP contribution in [0.2, 0.25) is 0 Å². The van der Waals surface area contributed by atoms with Gasteiger partial charge in [0, 0.05) is 24.2 Å². The highest BCUT2D eigenvalue weighted by Crippen LogP contribution is 2.23. The minimum atomic E-state index is -0.974. The lowest BCUT2D eigenvalue weighted by atomic mass is 10.2. The predicted molar refractivity (Wildman–Crippen MR) is 88.3 cm³/mol. The van der Waals surface area contributed by atoms with E-state index in [1.54, 1.807) is 24.3 Å². The molecule has 6 heteroatoms. The molecule has 2 aromatic rings. The summed E-state index contributed by atoms with van der Waals surface area (Å²) < 4.78 is 31.5. The SMILES string of the molecule is CCN[C@H](C)CNC(=O)c1ccc(Oc2ccc(F)c(F)c2)cc1. The Kier molecular flexibility index (Phi) is 6.26. The minimum absolute atomic E-state index is 0.181. The van der Waals surface area contributed by atoms with Gasteiger partial charge in [-0.15, -0.1) is 0 Å². The number of halogens is 2. The van der Waals surface area contributed by atoms with E-state index in [4.69, 9.17) is 4.74 Å². The Hall–Kier alpha value is -2.47. The molecule has 0 spiro atoms. The zero-order valence-electron chi connectivity index (χ0n) is 13.6. The van der Waals surface area contributed by atoms with Crippen LogP contribution in [0.5, 0.6) is 11.5 Å². The number of amides is 1. The number of benzene rings is 2. The number of carbonyl (C=O) groups is 1. The van der Waals surface area contributed by atoms with Crippen molar-refractivity contribution in [2.45, 2.75) is 19.9 Å². The van der Waals surface area contributed by atoms with Crippen molar-refractivity contribution in [1.29, 1.82) is 0 Å². The first-order valence-electron chi connectivity index (χ1n) is 7.74. The fraction of sp³-hybridized carbons (Fsp3) is 0.278. The fourth-order valence-corrected chi connectivity index (χ4v) is 2.12. The summed E-state index contributed by atoms with van der Waals surface area (Å²) >= 11 is 0. The van der Waals surface area contributed by atoms with Crippen LogP contribution in [-0.2, 0) is 0 Å². The van der Waals surface area contributed by atoms with E-state index >= 15 is 0 Å². The first-order valence-corrected chi connectivity index (χ1v) is 7.74. The number of carbonyl (C=O) groups excluding carboxylic acids is 1. The minimum Gasteiger partial charge on any atom is -0.457 e. The Bertz CT molecular complexity index is 690. The molecule has 24 heavy (non-hydrogen) atoms. The van der Waals surface area contributed by atoms with Gasteiger partial charge in [-0.1, -0.05) is 6.92 Å². The van der Waals surface area contributed by atoms with Gasteiger partial charge in [-0.2, -0.15) is 0 Å². The molecule has 128 valence electrons. The number of likely N-dealkylation sites (N-methyl/N-ethyl adjacent to an activating group) is 1. The lowest BCUT2D eigenvalue weighted by Gasteiger charge is -2.13. The van der Waals surface area contributed by atoms with Gasteiger partial charge in [0.2, 0.25) is 0 Å². The second kappa shape index (κ2) is 8.40. The molecule has 1 atom stereocenters. The molecule has 0 aliphatic carbocycles. The van der Waals surface area contributed by atoms with E-state index in [2.05, 4.69) is 10.6 Å². The van der Waals surface area contributed by atoms with Gasteiger partial charge in [-0.3, -0.25) is 4.79 Å². The lowest BCUT2D eigenvalue weighted by Crippen LogP contribution is -2.38. The highest BCUT2D eigenvalue weighted by atomic mass is 19.2. The average molecular weight is 334 g/mol. The molecule has 0 saturated heterocycles. The molecule has 0 saturated carbocycles. The van der Waals surface area contributed by atoms with Crippen LogP contribution in [0.25, 0.3) is 0 Å². The maximum Gasteiger partial charge on any atom is 0.251 e. The number of hydrogen-bond donors (Lipinski definition) is 2. The van der Waals surface area contributed by atoms with Crippen molar-refractivity contribution >= 4 is 5.91 Å². The number of nitrogens with one attached hydrogen (secondary N) is 2. The predicted octanol–water partition coefficient (Wildman–Crippen LogP) is 3.48. The summed E-state index contributed by atoms with van der Waals surface area (Å²) in [6.07, 6.45) is 0. The van der Waals surface area contributed by atoms with Crippen molar-refractivity contribution in [3.8, 4) is 11.5 Å². The second-order valence-corrected chi connectivity index (χ2v) is 5.37. The van der Waals surface area contributed by atoms with E-state index in [9.17, 15) is 13.6 Å². The summed E-state index contributed by atoms with van der Waals surface area (Å²) in [6, 6.07) is 9.92. The average Bonchev–Trinajstić information content (AvgIpc) is 2.57. The van der Waals surface area contributed by atoms with Crippen molar-refractivity contribution in [3.05, 3.63) is 59.7 Å². The molecule has 0 fully saturated rings. The van der Waals surface area contributed by atoms with Gasteiger partial charge in [0.1, 0.15) is 11.5 Å². The zero-order chi connectivity index (χ0) is 17.5. The molecule has 0 bridgehead atoms. The zero-order valence-corrected chi connectivity index (χ0v) is 13.6. The van der Waals surface area contributed by atoms with Crippen molar-refractivity contribution in [2.24, 2.45) is 0 Å². The van der Waals surface area contributed by atoms with Gasteiger partial charge in [-0.05, 0) is 49.9 Å². The molecule has 2 N–H and O–H groups in total. The van der Waals surface area contributed by atoms with Crippen molar-refractivity contribution < 1.29 is 18.3 Å². The van der Waals surface area contributed by atoms with Gasteiger partial charge in [0.05, 0.1) is 0 Å². The first-order chi connectivity index (χ1) is 11.5. The lowest BCUT2D eigenvalue weighted by molar-refractivity contribution is 0.0950. The Morgan fingerprint density at radius 3 is 2.38 bits per heavy atom. The van der Waals surface area contributed by atoms with Crippen molar-refractivity contribution in [3.63, 3.8) is 0 Å². The van der Waals surface area contributed by atoms with Gasteiger partial charge < -0.3 is 15.4 Å². The molecule has 0 aromatic heterocycles. The maximum absolute atomic E-state index is 13.1. The molecule has 0 radical (unpaired) electrons. The summed E-state index contributed by atoms with van der Waals surface area (Å²) in [4.78, 5) is 12.0. The molecule has 4 nitrogen and oxygen atoms in total. The third-order valence-electron chi connectivity index (χ3n) is 3.36. The smallest absolute Gasteiger partial charge is 0.251 e. The van der Waals surface area contributed by atoms with Gasteiger partial charge >= 0.3 is 0 Å². The summed E-state index contributed by atoms with van der Waals surface area (Å²) in [5.41, 5.74) is 0.497. The van der Waals surface area contributed by atoms with Crippen LogP contribution < -0.4 is 15.4 Å². The highest BCUT2D eigenvalue weighted by Gasteiger charge is 2.08. The van der Waals surface area contributed by atoms with E-state index < -0.39 is 11.6 Å². The van der Waals surface area contributed by atoms with Gasteiger partial charge in [-0.25, -0.2) is 8.78 Å². The molecule has 0 aliphatic heterocycles. The third-order valence-corrected chi connectivity index (χ3v) is 3.36. The molecule has 2 rings (SSSR count). The largest absolute Gasteiger partial charge is 0.457 e. The second-order valence-electron chi connectivity index (χ2n) is 5.37. The standard InChI is InChI=1S/C18H20F2N2O2/c1-3-21-12(2)11-22-18(23)13-4-6-14(7-5-13)24-15-8-9-16(19)17(20)10-15/h4-10,12,21H,3,11H2,1-2H3,(H,22,23)/t12-/m1/s1. The van der Waals surface area contributed by atoms with Crippen LogP contribution in [0.15, 0.2) is 42.5 Å². The molecule has 2 aromatic carbocycles. The third kappa shape index (κ3) is 5.03. The van der Waals surface area contributed by atoms with Crippen molar-refractivity contribution in [2.75, 3.05) is 13.1 Å². The van der Waals surface area contributed by atoms with E-state index in [0.717, 1.165) is 18.7 Å². The molecule has 0 aliphatic rings. The van der Waals surface area contributed by atoms with Crippen LogP contribution in [0.1, 0.15) is 24.2 Å². The summed E-state index contributed by atoms with van der Waals surface area (Å²) in [6.45, 7) is 5.36. The van der Waals surface area contributed by atoms with E-state index in [0.29, 0.717) is 17.9 Å². The van der Waals surface area contributed by atoms with Gasteiger partial charge in [0.25, 0.3) is 5.91 Å². The summed E-state index contributed by atoms with van der Waals surface area (Å²) in [7, 11) is 0. The highest BCUT2D eigenvalue weighted by molar-refractivity contribution is 5.94. The maximum atomic E-state index is 13.1. The Balaban J connectivity index is 1.94. The van der Waals surface area contributed by atoms with Crippen LogP contribution in [0.3, 0.4) is 0 Å². The first kappa shape index (κ1) is 17.9. The topological polar surface area (TPSA) is 50.4 Å². The Morgan fingerprint density at radius 2 is 1.75 bits per heavy atom. The number of rotatable bonds is 7. The number of hydrogen-bond acceptors (Lipinski definition) is 3. The van der Waals surface area contributed by atoms with E-state index in [1.165, 1.54) is 6.07 Å². The van der Waals surface area contributed by atoms with Crippen LogP contribution >= 0.6 is 0 Å². The Labute approximate surface area is 139 Å². The van der Waals surface area contributed by atoms with Gasteiger partial charge in [0.15, 0.2) is 11.6 Å². The Morgan fingerprint density at radius 1 is 1.08 bits per heavy atom. The quantitative estimate of drug-likeness (QED) is 0.815. The van der Waals surface area contributed by atoms with Crippen LogP contribution in [-0.4, -0.2) is 25.0 Å². The molecular formula is C18H20F2N2O2. The fourth-order valence-electron chi connectivity index (χ4n) is 2.12. The summed E-state index contributed by atoms with van der Waals surface area (Å²) in [5, 5.41) is 6.04. The van der Waals surface area contributed by atoms with Crippen molar-refractivity contribution in [1.82, 2.24) is 10.6 Å². The molecule has 1 amide bonds.